The third-order valence-corrected chi connectivity index (χ3v) is 8.72. The van der Waals surface area contributed by atoms with Gasteiger partial charge in [-0.3, -0.25) is 4.79 Å². The Kier molecular flexibility index (Phi) is 7.75. The maximum atomic E-state index is 13.5. The number of amides is 1. The minimum Gasteiger partial charge on any atom is -0.465 e. The fourth-order valence-electron chi connectivity index (χ4n) is 3.64. The van der Waals surface area contributed by atoms with Crippen LogP contribution < -0.4 is 5.32 Å². The van der Waals surface area contributed by atoms with Crippen molar-refractivity contribution in [3.05, 3.63) is 93.8 Å². The van der Waals surface area contributed by atoms with Gasteiger partial charge in [0, 0.05) is 22.0 Å². The summed E-state index contributed by atoms with van der Waals surface area (Å²) in [5.41, 5.74) is 2.19. The summed E-state index contributed by atoms with van der Waals surface area (Å²) >= 11 is 7.23. The number of methoxy groups -OCH3 is 1. The number of nitrogens with one attached hydrogen (secondary N) is 1. The molecular weight excluding hydrogens is 520 g/mol. The van der Waals surface area contributed by atoms with Gasteiger partial charge in [0.2, 0.25) is 15.9 Å². The lowest BCUT2D eigenvalue weighted by Gasteiger charge is -2.23. The molecule has 0 radical (unpaired) electrons. The zero-order chi connectivity index (χ0) is 25.9. The molecule has 0 aliphatic carbocycles. The van der Waals surface area contributed by atoms with E-state index in [1.807, 2.05) is 31.2 Å². The number of sulfonamides is 1. The largest absolute Gasteiger partial charge is 0.465 e. The van der Waals surface area contributed by atoms with Crippen molar-refractivity contribution in [2.45, 2.75) is 18.4 Å². The van der Waals surface area contributed by atoms with Crippen molar-refractivity contribution in [1.82, 2.24) is 4.31 Å². The van der Waals surface area contributed by atoms with Crippen molar-refractivity contribution >= 4 is 60.6 Å². The van der Waals surface area contributed by atoms with Crippen LogP contribution in [0.15, 0.2) is 77.7 Å². The summed E-state index contributed by atoms with van der Waals surface area (Å²) in [5, 5.41) is 3.95. The first-order valence-corrected chi connectivity index (χ1v) is 13.5. The van der Waals surface area contributed by atoms with Gasteiger partial charge in [-0.2, -0.15) is 4.31 Å². The number of benzene rings is 3. The molecule has 1 amide bonds. The molecule has 0 aliphatic rings. The van der Waals surface area contributed by atoms with Gasteiger partial charge in [0.15, 0.2) is 0 Å². The average Bonchev–Trinajstić information content (AvgIpc) is 3.28. The monoisotopic (exact) mass is 542 g/mol. The maximum Gasteiger partial charge on any atom is 0.348 e. The lowest BCUT2D eigenvalue weighted by Crippen LogP contribution is -2.37. The van der Waals surface area contributed by atoms with Crippen LogP contribution in [-0.4, -0.2) is 38.3 Å². The number of carbonyl (C=O) groups excluding carboxylic acids is 2. The van der Waals surface area contributed by atoms with E-state index in [1.54, 1.807) is 24.3 Å². The molecule has 0 saturated heterocycles. The fourth-order valence-corrected chi connectivity index (χ4v) is 6.10. The second kappa shape index (κ2) is 10.8. The molecule has 0 aliphatic heterocycles. The summed E-state index contributed by atoms with van der Waals surface area (Å²) in [6.45, 7) is 1.52. The molecule has 1 heterocycles. The quantitative estimate of drug-likeness (QED) is 0.298. The van der Waals surface area contributed by atoms with Crippen molar-refractivity contribution in [3.8, 4) is 0 Å². The summed E-state index contributed by atoms with van der Waals surface area (Å²) in [5.74, 6) is -0.926. The molecule has 0 saturated carbocycles. The third-order valence-electron chi connectivity index (χ3n) is 5.57. The molecule has 3 aromatic carbocycles. The molecule has 186 valence electrons. The first kappa shape index (κ1) is 25.8. The Morgan fingerprint density at radius 3 is 2.44 bits per heavy atom. The van der Waals surface area contributed by atoms with Crippen LogP contribution in [0.2, 0.25) is 5.02 Å². The number of halogens is 1. The van der Waals surface area contributed by atoms with Crippen LogP contribution in [0.4, 0.5) is 5.69 Å². The predicted molar refractivity (Wildman–Crippen MR) is 142 cm³/mol. The minimum atomic E-state index is -4.00. The van der Waals surface area contributed by atoms with Gasteiger partial charge in [-0.1, -0.05) is 35.9 Å². The van der Waals surface area contributed by atoms with Crippen molar-refractivity contribution in [1.29, 1.82) is 0 Å². The Labute approximate surface area is 218 Å². The molecule has 4 rings (SSSR count). The number of hydrogen-bond acceptors (Lipinski definition) is 6. The zero-order valence-corrected chi connectivity index (χ0v) is 21.9. The van der Waals surface area contributed by atoms with Crippen molar-refractivity contribution in [2.24, 2.45) is 0 Å². The van der Waals surface area contributed by atoms with E-state index in [1.165, 1.54) is 42.7 Å². The van der Waals surface area contributed by atoms with Crippen molar-refractivity contribution < 1.29 is 22.7 Å². The predicted octanol–water partition coefficient (Wildman–Crippen LogP) is 5.48. The molecule has 0 spiro atoms. The van der Waals surface area contributed by atoms with Gasteiger partial charge in [-0.15, -0.1) is 11.3 Å². The number of fused-ring (bicyclic) bond motifs is 1. The van der Waals surface area contributed by atoms with Crippen LogP contribution in [0.25, 0.3) is 10.1 Å². The Balaban J connectivity index is 1.59. The van der Waals surface area contributed by atoms with E-state index in [2.05, 4.69) is 5.32 Å². The molecule has 0 atom stereocenters. The molecule has 1 aromatic heterocycles. The summed E-state index contributed by atoms with van der Waals surface area (Å²) < 4.78 is 33.7. The number of thiophene rings is 1. The maximum absolute atomic E-state index is 13.5. The van der Waals surface area contributed by atoms with E-state index in [0.29, 0.717) is 15.6 Å². The minimum absolute atomic E-state index is 0.0249. The number of ether oxygens (including phenoxy) is 1. The van der Waals surface area contributed by atoms with Crippen LogP contribution in [0.3, 0.4) is 0 Å². The van der Waals surface area contributed by atoms with E-state index in [0.717, 1.165) is 25.5 Å². The highest BCUT2D eigenvalue weighted by Crippen LogP contribution is 2.29. The van der Waals surface area contributed by atoms with Gasteiger partial charge in [0.05, 0.1) is 18.6 Å². The van der Waals surface area contributed by atoms with Gasteiger partial charge in [-0.05, 0) is 72.0 Å². The van der Waals surface area contributed by atoms with E-state index < -0.39 is 28.4 Å². The highest BCUT2D eigenvalue weighted by atomic mass is 35.5. The molecule has 1 N–H and O–H groups in total. The normalized spacial score (nSPS) is 11.6. The van der Waals surface area contributed by atoms with E-state index in [9.17, 15) is 18.0 Å². The van der Waals surface area contributed by atoms with Gasteiger partial charge < -0.3 is 10.1 Å². The van der Waals surface area contributed by atoms with Gasteiger partial charge in [0.25, 0.3) is 0 Å². The number of rotatable bonds is 8. The molecule has 0 bridgehead atoms. The number of aryl methyl sites for hydroxylation is 1. The Morgan fingerprint density at radius 2 is 1.75 bits per heavy atom. The Morgan fingerprint density at radius 1 is 1.03 bits per heavy atom. The average molecular weight is 543 g/mol. The number of hydrogen-bond donors (Lipinski definition) is 1. The summed E-state index contributed by atoms with van der Waals surface area (Å²) in [6.07, 6.45) is 0. The second-order valence-corrected chi connectivity index (χ2v) is 11.5. The topological polar surface area (TPSA) is 92.8 Å². The van der Waals surface area contributed by atoms with E-state index >= 15 is 0 Å². The SMILES string of the molecule is COC(=O)c1cc2cc(NC(=O)CN(Cc3ccccc3C)S(=O)(=O)c3ccc(Cl)cc3)ccc2s1. The summed E-state index contributed by atoms with van der Waals surface area (Å²) in [4.78, 5) is 25.3. The molecule has 0 fully saturated rings. The Hall–Kier alpha value is -3.24. The number of anilines is 1. The van der Waals surface area contributed by atoms with Crippen LogP contribution in [0.1, 0.15) is 20.8 Å². The lowest BCUT2D eigenvalue weighted by molar-refractivity contribution is -0.116. The van der Waals surface area contributed by atoms with Gasteiger partial charge >= 0.3 is 5.97 Å². The molecule has 7 nitrogen and oxygen atoms in total. The molecule has 10 heteroatoms. The van der Waals surface area contributed by atoms with Crippen LogP contribution in [0, 0.1) is 6.92 Å². The molecule has 36 heavy (non-hydrogen) atoms. The van der Waals surface area contributed by atoms with Crippen LogP contribution >= 0.6 is 22.9 Å². The molecular formula is C26H23ClN2O5S2. The molecule has 4 aromatic rings. The van der Waals surface area contributed by atoms with E-state index in [-0.39, 0.29) is 11.4 Å². The first-order chi connectivity index (χ1) is 17.2. The van der Waals surface area contributed by atoms with Crippen molar-refractivity contribution in [2.75, 3.05) is 19.0 Å². The standard InChI is InChI=1S/C26H23ClN2O5S2/c1-17-5-3-4-6-18(17)15-29(36(32,33)22-10-7-20(27)8-11-22)16-25(30)28-21-9-12-23-19(13-21)14-24(35-23)26(31)34-2/h3-14H,15-16H2,1-2H3,(H,28,30). The smallest absolute Gasteiger partial charge is 0.348 e. The van der Waals surface area contributed by atoms with E-state index in [4.69, 9.17) is 16.3 Å². The second-order valence-electron chi connectivity index (χ2n) is 8.06. The Bertz CT molecular complexity index is 1530. The summed E-state index contributed by atoms with van der Waals surface area (Å²) in [7, 11) is -2.68. The highest BCUT2D eigenvalue weighted by Gasteiger charge is 2.27. The number of carbonyl (C=O) groups is 2. The first-order valence-electron chi connectivity index (χ1n) is 10.9. The summed E-state index contributed by atoms with van der Waals surface area (Å²) in [6, 6.07) is 20.2. The molecule has 0 unspecified atom stereocenters. The highest BCUT2D eigenvalue weighted by molar-refractivity contribution is 7.89. The number of esters is 1. The van der Waals surface area contributed by atoms with Crippen LogP contribution in [0.5, 0.6) is 0 Å². The fraction of sp³-hybridized carbons (Fsp3) is 0.154. The number of nitrogens with zero attached hydrogens (tertiary/aromatic N) is 1. The lowest BCUT2D eigenvalue weighted by atomic mass is 10.1. The zero-order valence-electron chi connectivity index (χ0n) is 19.5. The van der Waals surface area contributed by atoms with Crippen molar-refractivity contribution in [3.63, 3.8) is 0 Å². The van der Waals surface area contributed by atoms with Gasteiger partial charge in [-0.25, -0.2) is 13.2 Å². The third kappa shape index (κ3) is 5.76. The van der Waals surface area contributed by atoms with Gasteiger partial charge in [0.1, 0.15) is 4.88 Å². The van der Waals surface area contributed by atoms with Crippen LogP contribution in [-0.2, 0) is 26.1 Å².